The molecule has 0 N–H and O–H groups in total. The summed E-state index contributed by atoms with van der Waals surface area (Å²) in [5.74, 6) is 0.902. The van der Waals surface area contributed by atoms with E-state index in [1.165, 1.54) is 42.1 Å². The maximum Gasteiger partial charge on any atom is 0.225 e. The van der Waals surface area contributed by atoms with Crippen LogP contribution in [0.25, 0.3) is 0 Å². The summed E-state index contributed by atoms with van der Waals surface area (Å²) in [5.41, 5.74) is 0.434. The van der Waals surface area contributed by atoms with Crippen LogP contribution in [0.15, 0.2) is 30.6 Å². The van der Waals surface area contributed by atoms with Gasteiger partial charge in [-0.3, -0.25) is 4.90 Å². The zero-order valence-corrected chi connectivity index (χ0v) is 14.6. The van der Waals surface area contributed by atoms with Gasteiger partial charge in [0.05, 0.1) is 0 Å². The van der Waals surface area contributed by atoms with Gasteiger partial charge in [0.25, 0.3) is 0 Å². The summed E-state index contributed by atoms with van der Waals surface area (Å²) < 4.78 is 0. The molecule has 5 heteroatoms. The number of likely N-dealkylation sites (tertiary alicyclic amines) is 1. The van der Waals surface area contributed by atoms with Gasteiger partial charge in [0.15, 0.2) is 0 Å². The summed E-state index contributed by atoms with van der Waals surface area (Å²) in [4.78, 5) is 16.8. The fourth-order valence-electron chi connectivity index (χ4n) is 4.12. The van der Waals surface area contributed by atoms with E-state index in [2.05, 4.69) is 38.8 Å². The van der Waals surface area contributed by atoms with Gasteiger partial charge in [-0.1, -0.05) is 0 Å². The van der Waals surface area contributed by atoms with Gasteiger partial charge in [-0.15, -0.1) is 11.3 Å². The van der Waals surface area contributed by atoms with Crippen molar-refractivity contribution in [3.8, 4) is 0 Å². The highest BCUT2D eigenvalue weighted by atomic mass is 32.1. The van der Waals surface area contributed by atoms with Gasteiger partial charge in [0, 0.05) is 53.7 Å². The minimum absolute atomic E-state index is 0.434. The second-order valence-electron chi connectivity index (χ2n) is 7.05. The highest BCUT2D eigenvalue weighted by molar-refractivity contribution is 7.11. The van der Waals surface area contributed by atoms with E-state index >= 15 is 0 Å². The van der Waals surface area contributed by atoms with Gasteiger partial charge in [-0.05, 0) is 50.9 Å². The molecule has 2 aliphatic heterocycles. The van der Waals surface area contributed by atoms with Crippen molar-refractivity contribution in [2.24, 2.45) is 5.41 Å². The molecule has 0 radical (unpaired) electrons. The molecule has 0 bridgehead atoms. The Balaban J connectivity index is 1.42. The van der Waals surface area contributed by atoms with E-state index in [1.54, 1.807) is 0 Å². The van der Waals surface area contributed by atoms with Crippen LogP contribution in [0, 0.1) is 12.3 Å². The van der Waals surface area contributed by atoms with Crippen molar-refractivity contribution in [2.45, 2.75) is 32.7 Å². The molecular formula is C18H24N4S. The van der Waals surface area contributed by atoms with Gasteiger partial charge in [0.1, 0.15) is 0 Å². The topological polar surface area (TPSA) is 32.3 Å². The Morgan fingerprint density at radius 1 is 1.13 bits per heavy atom. The van der Waals surface area contributed by atoms with E-state index in [1.807, 2.05) is 29.8 Å². The van der Waals surface area contributed by atoms with Crippen LogP contribution in [0.3, 0.4) is 0 Å². The maximum atomic E-state index is 4.45. The van der Waals surface area contributed by atoms with Crippen molar-refractivity contribution in [3.05, 3.63) is 40.3 Å². The zero-order chi connectivity index (χ0) is 15.7. The van der Waals surface area contributed by atoms with E-state index in [-0.39, 0.29) is 0 Å². The van der Waals surface area contributed by atoms with Gasteiger partial charge >= 0.3 is 0 Å². The van der Waals surface area contributed by atoms with Crippen molar-refractivity contribution in [1.82, 2.24) is 14.9 Å². The first kappa shape index (κ1) is 15.1. The Morgan fingerprint density at radius 2 is 2.00 bits per heavy atom. The van der Waals surface area contributed by atoms with Crippen LogP contribution in [0.4, 0.5) is 5.95 Å². The molecule has 0 amide bonds. The summed E-state index contributed by atoms with van der Waals surface area (Å²) in [6, 6.07) is 6.42. The lowest BCUT2D eigenvalue weighted by Gasteiger charge is -2.40. The number of hydrogen-bond acceptors (Lipinski definition) is 5. The van der Waals surface area contributed by atoms with Crippen molar-refractivity contribution in [3.63, 3.8) is 0 Å². The molecule has 1 atom stereocenters. The predicted molar refractivity (Wildman–Crippen MR) is 94.9 cm³/mol. The number of piperidine rings is 1. The van der Waals surface area contributed by atoms with Crippen LogP contribution < -0.4 is 4.90 Å². The first-order valence-electron chi connectivity index (χ1n) is 8.52. The first-order chi connectivity index (χ1) is 11.2. The average molecular weight is 328 g/mol. The number of anilines is 1. The summed E-state index contributed by atoms with van der Waals surface area (Å²) in [6.07, 6.45) is 7.61. The van der Waals surface area contributed by atoms with Gasteiger partial charge in [-0.25, -0.2) is 9.97 Å². The van der Waals surface area contributed by atoms with E-state index in [9.17, 15) is 0 Å². The molecular weight excluding hydrogens is 304 g/mol. The van der Waals surface area contributed by atoms with Crippen molar-refractivity contribution in [1.29, 1.82) is 0 Å². The third-order valence-corrected chi connectivity index (χ3v) is 6.17. The van der Waals surface area contributed by atoms with Crippen LogP contribution in [0.5, 0.6) is 0 Å². The minimum Gasteiger partial charge on any atom is -0.340 e. The Morgan fingerprint density at radius 3 is 2.78 bits per heavy atom. The number of nitrogens with zero attached hydrogens (tertiary/aromatic N) is 4. The second kappa shape index (κ2) is 6.21. The Kier molecular flexibility index (Phi) is 4.07. The van der Waals surface area contributed by atoms with Crippen molar-refractivity contribution >= 4 is 17.3 Å². The molecule has 4 rings (SSSR count). The number of thiophene rings is 1. The lowest BCUT2D eigenvalue weighted by molar-refractivity contribution is 0.216. The SMILES string of the molecule is Cc1ccc(CN2CCC3(CCCN(c4ncccn4)C3)C2)s1. The van der Waals surface area contributed by atoms with Crippen LogP contribution in [0.1, 0.15) is 29.0 Å². The maximum absolute atomic E-state index is 4.45. The lowest BCUT2D eigenvalue weighted by atomic mass is 9.79. The van der Waals surface area contributed by atoms with E-state index < -0.39 is 0 Å². The molecule has 23 heavy (non-hydrogen) atoms. The van der Waals surface area contributed by atoms with Crippen LogP contribution in [0.2, 0.25) is 0 Å². The smallest absolute Gasteiger partial charge is 0.225 e. The molecule has 1 unspecified atom stereocenters. The largest absolute Gasteiger partial charge is 0.340 e. The molecule has 0 aliphatic carbocycles. The average Bonchev–Trinajstić information content (AvgIpc) is 3.15. The predicted octanol–water partition coefficient (Wildman–Crippen LogP) is 3.34. The van der Waals surface area contributed by atoms with Crippen LogP contribution in [-0.4, -0.2) is 41.0 Å². The van der Waals surface area contributed by atoms with Gasteiger partial charge in [-0.2, -0.15) is 0 Å². The number of aromatic nitrogens is 2. The third kappa shape index (κ3) is 3.26. The molecule has 2 aromatic heterocycles. The van der Waals surface area contributed by atoms with Crippen LogP contribution in [-0.2, 0) is 6.54 Å². The Hall–Kier alpha value is -1.46. The highest BCUT2D eigenvalue weighted by Crippen LogP contribution is 2.40. The summed E-state index contributed by atoms with van der Waals surface area (Å²) >= 11 is 1.93. The molecule has 4 heterocycles. The fourth-order valence-corrected chi connectivity index (χ4v) is 5.05. The molecule has 1 spiro atoms. The van der Waals surface area contributed by atoms with Crippen LogP contribution >= 0.6 is 11.3 Å². The van der Waals surface area contributed by atoms with Gasteiger partial charge in [0.2, 0.25) is 5.95 Å². The first-order valence-corrected chi connectivity index (χ1v) is 9.34. The second-order valence-corrected chi connectivity index (χ2v) is 8.42. The number of hydrogen-bond donors (Lipinski definition) is 0. The standard InChI is InChI=1S/C18H24N4S/c1-15-4-5-16(23-15)12-21-11-7-18(13-21)6-2-10-22(14-18)17-19-8-3-9-20-17/h3-5,8-9H,2,6-7,10-14H2,1H3. The summed E-state index contributed by atoms with van der Waals surface area (Å²) in [5, 5.41) is 0. The van der Waals surface area contributed by atoms with Gasteiger partial charge < -0.3 is 4.90 Å². The molecule has 122 valence electrons. The summed E-state index contributed by atoms with van der Waals surface area (Å²) in [7, 11) is 0. The quantitative estimate of drug-likeness (QED) is 0.865. The monoisotopic (exact) mass is 328 g/mol. The third-order valence-electron chi connectivity index (χ3n) is 5.19. The molecule has 2 saturated heterocycles. The fraction of sp³-hybridized carbons (Fsp3) is 0.556. The normalized spacial score (nSPS) is 25.3. The lowest BCUT2D eigenvalue weighted by Crippen LogP contribution is -2.45. The molecule has 4 nitrogen and oxygen atoms in total. The molecule has 2 fully saturated rings. The molecule has 2 aromatic rings. The Bertz CT molecular complexity index is 656. The van der Waals surface area contributed by atoms with E-state index in [0.29, 0.717) is 5.41 Å². The van der Waals surface area contributed by atoms with Crippen molar-refractivity contribution < 1.29 is 0 Å². The van der Waals surface area contributed by atoms with Crippen molar-refractivity contribution in [2.75, 3.05) is 31.1 Å². The number of aryl methyl sites for hydroxylation is 1. The minimum atomic E-state index is 0.434. The molecule has 0 aromatic carbocycles. The Labute approximate surface area is 142 Å². The van der Waals surface area contributed by atoms with E-state index in [4.69, 9.17) is 0 Å². The molecule has 2 aliphatic rings. The highest BCUT2D eigenvalue weighted by Gasteiger charge is 2.41. The number of rotatable bonds is 3. The zero-order valence-electron chi connectivity index (χ0n) is 13.7. The molecule has 0 saturated carbocycles. The van der Waals surface area contributed by atoms with E-state index in [0.717, 1.165) is 25.6 Å². The summed E-state index contributed by atoms with van der Waals surface area (Å²) in [6.45, 7) is 7.95.